The van der Waals surface area contributed by atoms with Crippen LogP contribution >= 0.6 is 15.9 Å². The predicted octanol–water partition coefficient (Wildman–Crippen LogP) is 2.87. The zero-order chi connectivity index (χ0) is 12.3. The van der Waals surface area contributed by atoms with Crippen molar-refractivity contribution in [2.24, 2.45) is 0 Å². The number of rotatable bonds is 4. The van der Waals surface area contributed by atoms with Crippen molar-refractivity contribution < 1.29 is 9.63 Å². The molecule has 0 aliphatic rings. The first-order valence-electron chi connectivity index (χ1n) is 5.44. The van der Waals surface area contributed by atoms with Gasteiger partial charge in [-0.2, -0.15) is 4.98 Å². The second kappa shape index (κ2) is 5.42. The predicted molar refractivity (Wildman–Crippen MR) is 66.5 cm³/mol. The van der Waals surface area contributed by atoms with Crippen LogP contribution in [-0.2, 0) is 6.42 Å². The summed E-state index contributed by atoms with van der Waals surface area (Å²) in [5, 5.41) is 13.3. The van der Waals surface area contributed by atoms with Crippen molar-refractivity contribution in [1.29, 1.82) is 0 Å². The van der Waals surface area contributed by atoms with Crippen molar-refractivity contribution in [1.82, 2.24) is 10.1 Å². The fourth-order valence-corrected chi connectivity index (χ4v) is 1.70. The number of halogens is 1. The van der Waals surface area contributed by atoms with Gasteiger partial charge in [0.05, 0.1) is 6.42 Å². The summed E-state index contributed by atoms with van der Waals surface area (Å²) in [5.41, 5.74) is 1.09. The van der Waals surface area contributed by atoms with Gasteiger partial charge in [0.2, 0.25) is 5.89 Å². The molecule has 0 saturated heterocycles. The molecule has 0 spiro atoms. The second-order valence-electron chi connectivity index (χ2n) is 3.77. The van der Waals surface area contributed by atoms with E-state index in [2.05, 4.69) is 26.1 Å². The Morgan fingerprint density at radius 3 is 2.71 bits per heavy atom. The Labute approximate surface area is 108 Å². The average Bonchev–Trinajstić information content (AvgIpc) is 2.80. The van der Waals surface area contributed by atoms with Crippen molar-refractivity contribution in [3.63, 3.8) is 0 Å². The van der Waals surface area contributed by atoms with Crippen molar-refractivity contribution in [3.8, 4) is 0 Å². The quantitative estimate of drug-likeness (QED) is 0.942. The highest BCUT2D eigenvalue weighted by Gasteiger charge is 2.13. The molecule has 90 valence electrons. The number of nitrogens with zero attached hydrogens (tertiary/aromatic N) is 2. The van der Waals surface area contributed by atoms with E-state index in [1.165, 1.54) is 0 Å². The number of hydrogen-bond donors (Lipinski definition) is 1. The van der Waals surface area contributed by atoms with Gasteiger partial charge >= 0.3 is 0 Å². The lowest BCUT2D eigenvalue weighted by atomic mass is 10.1. The zero-order valence-corrected chi connectivity index (χ0v) is 11.0. The smallest absolute Gasteiger partial charge is 0.231 e. The highest BCUT2D eigenvalue weighted by atomic mass is 79.9. The van der Waals surface area contributed by atoms with Gasteiger partial charge in [-0.25, -0.2) is 0 Å². The summed E-state index contributed by atoms with van der Waals surface area (Å²) in [5.74, 6) is 0.884. The van der Waals surface area contributed by atoms with Gasteiger partial charge in [-0.05, 0) is 24.1 Å². The van der Waals surface area contributed by atoms with Crippen LogP contribution in [0.25, 0.3) is 0 Å². The van der Waals surface area contributed by atoms with Crippen LogP contribution in [0.15, 0.2) is 33.3 Å². The number of benzene rings is 1. The average molecular weight is 297 g/mol. The first-order valence-corrected chi connectivity index (χ1v) is 6.23. The Hall–Kier alpha value is -1.20. The van der Waals surface area contributed by atoms with Crippen LogP contribution in [-0.4, -0.2) is 15.2 Å². The van der Waals surface area contributed by atoms with E-state index >= 15 is 0 Å². The molecule has 2 rings (SSSR count). The van der Waals surface area contributed by atoms with E-state index in [-0.39, 0.29) is 0 Å². The molecular weight excluding hydrogens is 284 g/mol. The molecule has 0 fully saturated rings. The third-order valence-electron chi connectivity index (χ3n) is 2.44. The number of aliphatic hydroxyl groups excluding tert-OH is 1. The van der Waals surface area contributed by atoms with E-state index in [0.29, 0.717) is 24.6 Å². The summed E-state index contributed by atoms with van der Waals surface area (Å²) in [6.07, 6.45) is 0.519. The molecule has 0 bridgehead atoms. The molecule has 1 unspecified atom stereocenters. The lowest BCUT2D eigenvalue weighted by Gasteiger charge is -1.98. The number of aliphatic hydroxyl groups is 1. The van der Waals surface area contributed by atoms with Crippen LogP contribution in [0, 0.1) is 0 Å². The number of aromatic nitrogens is 2. The SMILES string of the molecule is CCC(O)c1noc(Cc2ccc(Br)cc2)n1. The molecule has 0 radical (unpaired) electrons. The van der Waals surface area contributed by atoms with Crippen LogP contribution in [0.2, 0.25) is 0 Å². The van der Waals surface area contributed by atoms with Crippen molar-refractivity contribution in [2.75, 3.05) is 0 Å². The van der Waals surface area contributed by atoms with E-state index in [1.54, 1.807) is 0 Å². The topological polar surface area (TPSA) is 59.2 Å². The summed E-state index contributed by atoms with van der Waals surface area (Å²) in [6.45, 7) is 1.87. The summed E-state index contributed by atoms with van der Waals surface area (Å²) in [4.78, 5) is 4.16. The maximum absolute atomic E-state index is 9.55. The second-order valence-corrected chi connectivity index (χ2v) is 4.69. The van der Waals surface area contributed by atoms with E-state index in [0.717, 1.165) is 10.0 Å². The van der Waals surface area contributed by atoms with E-state index < -0.39 is 6.10 Å². The van der Waals surface area contributed by atoms with Gasteiger partial charge in [0.15, 0.2) is 5.82 Å². The van der Waals surface area contributed by atoms with Gasteiger partial charge in [0.1, 0.15) is 6.10 Å². The number of hydrogen-bond acceptors (Lipinski definition) is 4. The normalized spacial score (nSPS) is 12.6. The summed E-state index contributed by atoms with van der Waals surface area (Å²) in [7, 11) is 0. The Balaban J connectivity index is 2.08. The summed E-state index contributed by atoms with van der Waals surface area (Å²) < 4.78 is 6.12. The standard InChI is InChI=1S/C12H13BrN2O2/c1-2-10(16)12-14-11(17-15-12)7-8-3-5-9(13)6-4-8/h3-6,10,16H,2,7H2,1H3. The minimum Gasteiger partial charge on any atom is -0.385 e. The monoisotopic (exact) mass is 296 g/mol. The maximum Gasteiger partial charge on any atom is 0.231 e. The Bertz CT molecular complexity index is 482. The van der Waals surface area contributed by atoms with E-state index in [4.69, 9.17) is 4.52 Å². The molecule has 17 heavy (non-hydrogen) atoms. The van der Waals surface area contributed by atoms with Crippen LogP contribution < -0.4 is 0 Å². The summed E-state index contributed by atoms with van der Waals surface area (Å²) >= 11 is 3.38. The zero-order valence-electron chi connectivity index (χ0n) is 9.43. The third kappa shape index (κ3) is 3.14. The summed E-state index contributed by atoms with van der Waals surface area (Å²) in [6, 6.07) is 7.91. The van der Waals surface area contributed by atoms with E-state index in [9.17, 15) is 5.11 Å². The Morgan fingerprint density at radius 2 is 2.06 bits per heavy atom. The molecule has 1 aromatic heterocycles. The fraction of sp³-hybridized carbons (Fsp3) is 0.333. The first kappa shape index (κ1) is 12.3. The van der Waals surface area contributed by atoms with Gasteiger partial charge in [-0.15, -0.1) is 0 Å². The molecule has 0 saturated carbocycles. The highest BCUT2D eigenvalue weighted by Crippen LogP contribution is 2.16. The third-order valence-corrected chi connectivity index (χ3v) is 2.97. The fourth-order valence-electron chi connectivity index (χ4n) is 1.43. The largest absolute Gasteiger partial charge is 0.385 e. The van der Waals surface area contributed by atoms with Gasteiger partial charge in [0, 0.05) is 4.47 Å². The van der Waals surface area contributed by atoms with Gasteiger partial charge in [-0.3, -0.25) is 0 Å². The minimum absolute atomic E-state index is 0.361. The molecule has 5 heteroatoms. The van der Waals surface area contributed by atoms with Gasteiger partial charge in [0.25, 0.3) is 0 Å². The van der Waals surface area contributed by atoms with Gasteiger partial charge < -0.3 is 9.63 Å². The lowest BCUT2D eigenvalue weighted by Crippen LogP contribution is -1.98. The molecule has 0 aliphatic carbocycles. The Morgan fingerprint density at radius 1 is 1.35 bits per heavy atom. The molecule has 1 N–H and O–H groups in total. The van der Waals surface area contributed by atoms with E-state index in [1.807, 2.05) is 31.2 Å². The van der Waals surface area contributed by atoms with Gasteiger partial charge in [-0.1, -0.05) is 40.1 Å². The maximum atomic E-state index is 9.55. The Kier molecular flexibility index (Phi) is 3.91. The minimum atomic E-state index is -0.641. The van der Waals surface area contributed by atoms with Crippen molar-refractivity contribution in [2.45, 2.75) is 25.9 Å². The molecule has 0 aliphatic heterocycles. The first-order chi connectivity index (χ1) is 8.19. The molecule has 1 atom stereocenters. The molecule has 2 aromatic rings. The lowest BCUT2D eigenvalue weighted by molar-refractivity contribution is 0.159. The highest BCUT2D eigenvalue weighted by molar-refractivity contribution is 9.10. The van der Waals surface area contributed by atoms with Crippen LogP contribution in [0.4, 0.5) is 0 Å². The van der Waals surface area contributed by atoms with Crippen molar-refractivity contribution >= 4 is 15.9 Å². The molecule has 0 amide bonds. The van der Waals surface area contributed by atoms with Crippen LogP contribution in [0.5, 0.6) is 0 Å². The van der Waals surface area contributed by atoms with Crippen LogP contribution in [0.1, 0.15) is 36.7 Å². The molecular formula is C12H13BrN2O2. The van der Waals surface area contributed by atoms with Crippen molar-refractivity contribution in [3.05, 3.63) is 46.0 Å². The molecule has 1 heterocycles. The molecule has 4 nitrogen and oxygen atoms in total. The molecule has 1 aromatic carbocycles. The van der Waals surface area contributed by atoms with Crippen LogP contribution in [0.3, 0.4) is 0 Å².